The van der Waals surface area contributed by atoms with Crippen LogP contribution in [0.1, 0.15) is 5.56 Å². The lowest BCUT2D eigenvalue weighted by molar-refractivity contribution is 0.393. The fourth-order valence-corrected chi connectivity index (χ4v) is 1.93. The zero-order valence-corrected chi connectivity index (χ0v) is 11.7. The molecular formula is C13H11BrF2N2O. The van der Waals surface area contributed by atoms with Gasteiger partial charge in [0.2, 0.25) is 5.88 Å². The normalized spacial score (nSPS) is 10.3. The van der Waals surface area contributed by atoms with Gasteiger partial charge in [-0.1, -0.05) is 6.07 Å². The van der Waals surface area contributed by atoms with Crippen molar-refractivity contribution in [1.29, 1.82) is 0 Å². The summed E-state index contributed by atoms with van der Waals surface area (Å²) in [4.78, 5) is 4.04. The summed E-state index contributed by atoms with van der Waals surface area (Å²) in [5, 5.41) is 2.88. The smallest absolute Gasteiger partial charge is 0.218 e. The molecule has 0 amide bonds. The van der Waals surface area contributed by atoms with Crippen LogP contribution in [0.25, 0.3) is 0 Å². The molecule has 0 atom stereocenters. The van der Waals surface area contributed by atoms with Crippen LogP contribution in [0.15, 0.2) is 34.9 Å². The molecule has 0 spiro atoms. The van der Waals surface area contributed by atoms with Crippen LogP contribution in [0.5, 0.6) is 5.88 Å². The molecule has 0 radical (unpaired) electrons. The van der Waals surface area contributed by atoms with Gasteiger partial charge in [0.25, 0.3) is 0 Å². The predicted molar refractivity (Wildman–Crippen MR) is 72.2 cm³/mol. The molecule has 2 aromatic rings. The van der Waals surface area contributed by atoms with E-state index in [1.165, 1.54) is 13.2 Å². The van der Waals surface area contributed by atoms with Crippen LogP contribution in [0.4, 0.5) is 14.5 Å². The van der Waals surface area contributed by atoms with Gasteiger partial charge in [0, 0.05) is 24.4 Å². The fraction of sp³-hybridized carbons (Fsp3) is 0.154. The molecule has 2 rings (SSSR count). The Balaban J connectivity index is 2.17. The number of ether oxygens (including phenoxy) is 1. The summed E-state index contributed by atoms with van der Waals surface area (Å²) in [5.41, 5.74) is 0.990. The Bertz CT molecular complexity index is 593. The van der Waals surface area contributed by atoms with Crippen molar-refractivity contribution < 1.29 is 13.5 Å². The number of anilines is 1. The zero-order chi connectivity index (χ0) is 13.8. The van der Waals surface area contributed by atoms with Crippen LogP contribution in [0, 0.1) is 11.6 Å². The molecular weight excluding hydrogens is 318 g/mol. The van der Waals surface area contributed by atoms with Crippen molar-refractivity contribution in [2.24, 2.45) is 0 Å². The molecule has 19 heavy (non-hydrogen) atoms. The number of nitrogens with zero attached hydrogens (tertiary/aromatic N) is 1. The second-order valence-electron chi connectivity index (χ2n) is 3.77. The van der Waals surface area contributed by atoms with E-state index in [9.17, 15) is 8.78 Å². The Hall–Kier alpha value is -1.69. The molecule has 100 valence electrons. The molecule has 1 aromatic heterocycles. The van der Waals surface area contributed by atoms with Crippen molar-refractivity contribution in [3.63, 3.8) is 0 Å². The molecule has 0 saturated heterocycles. The van der Waals surface area contributed by atoms with Gasteiger partial charge in [-0.05, 0) is 28.1 Å². The topological polar surface area (TPSA) is 34.1 Å². The molecule has 0 aliphatic heterocycles. The van der Waals surface area contributed by atoms with Gasteiger partial charge < -0.3 is 10.1 Å². The third kappa shape index (κ3) is 3.20. The average Bonchev–Trinajstić information content (AvgIpc) is 2.41. The van der Waals surface area contributed by atoms with E-state index in [0.29, 0.717) is 12.4 Å². The molecule has 0 saturated carbocycles. The lowest BCUT2D eigenvalue weighted by atomic mass is 10.2. The quantitative estimate of drug-likeness (QED) is 0.868. The maximum atomic E-state index is 13.5. The number of rotatable bonds is 4. The molecule has 0 aliphatic carbocycles. The van der Waals surface area contributed by atoms with Crippen LogP contribution < -0.4 is 10.1 Å². The number of methoxy groups -OCH3 is 1. The predicted octanol–water partition coefficient (Wildman–Crippen LogP) is 3.74. The highest BCUT2D eigenvalue weighted by Crippen LogP contribution is 2.24. The zero-order valence-electron chi connectivity index (χ0n) is 10.1. The Morgan fingerprint density at radius 1 is 1.32 bits per heavy atom. The van der Waals surface area contributed by atoms with E-state index in [2.05, 4.69) is 26.2 Å². The van der Waals surface area contributed by atoms with Crippen LogP contribution in [-0.4, -0.2) is 12.1 Å². The Morgan fingerprint density at radius 3 is 2.84 bits per heavy atom. The van der Waals surface area contributed by atoms with Crippen molar-refractivity contribution in [2.75, 3.05) is 12.4 Å². The van der Waals surface area contributed by atoms with Gasteiger partial charge in [-0.2, -0.15) is 0 Å². The highest BCUT2D eigenvalue weighted by Gasteiger charge is 2.09. The summed E-state index contributed by atoms with van der Waals surface area (Å²) in [6.07, 6.45) is 1.61. The van der Waals surface area contributed by atoms with Gasteiger partial charge in [-0.25, -0.2) is 13.8 Å². The van der Waals surface area contributed by atoms with Crippen LogP contribution in [0.3, 0.4) is 0 Å². The van der Waals surface area contributed by atoms with Crippen molar-refractivity contribution in [3.8, 4) is 5.88 Å². The summed E-state index contributed by atoms with van der Waals surface area (Å²) in [6.45, 7) is 0.325. The molecule has 1 N–H and O–H groups in total. The first-order chi connectivity index (χ1) is 9.11. The first-order valence-corrected chi connectivity index (χ1v) is 6.27. The van der Waals surface area contributed by atoms with Crippen LogP contribution >= 0.6 is 15.9 Å². The Morgan fingerprint density at radius 2 is 2.11 bits per heavy atom. The molecule has 3 nitrogen and oxygen atoms in total. The van der Waals surface area contributed by atoms with Gasteiger partial charge in [0.15, 0.2) is 0 Å². The van der Waals surface area contributed by atoms with E-state index < -0.39 is 11.6 Å². The summed E-state index contributed by atoms with van der Waals surface area (Å²) in [7, 11) is 1.51. The SMILES string of the molecule is COc1ncccc1CNc1cc(Br)c(F)cc1F. The molecule has 0 aliphatic rings. The minimum absolute atomic E-state index is 0.203. The van der Waals surface area contributed by atoms with E-state index in [1.807, 2.05) is 6.07 Å². The molecule has 0 unspecified atom stereocenters. The number of nitrogens with one attached hydrogen (secondary N) is 1. The monoisotopic (exact) mass is 328 g/mol. The molecule has 6 heteroatoms. The van der Waals surface area contributed by atoms with Gasteiger partial charge in [-0.3, -0.25) is 0 Å². The van der Waals surface area contributed by atoms with E-state index in [0.717, 1.165) is 11.6 Å². The lowest BCUT2D eigenvalue weighted by Gasteiger charge is -2.10. The molecule has 1 heterocycles. The van der Waals surface area contributed by atoms with E-state index in [1.54, 1.807) is 12.3 Å². The van der Waals surface area contributed by atoms with Crippen molar-refractivity contribution in [1.82, 2.24) is 4.98 Å². The highest BCUT2D eigenvalue weighted by atomic mass is 79.9. The van der Waals surface area contributed by atoms with Gasteiger partial charge in [0.05, 0.1) is 17.3 Å². The Kier molecular flexibility index (Phi) is 4.31. The van der Waals surface area contributed by atoms with Gasteiger partial charge in [0.1, 0.15) is 11.6 Å². The number of aromatic nitrogens is 1. The number of hydrogen-bond acceptors (Lipinski definition) is 3. The number of benzene rings is 1. The lowest BCUT2D eigenvalue weighted by Crippen LogP contribution is -2.04. The third-order valence-corrected chi connectivity index (χ3v) is 3.13. The molecule has 0 bridgehead atoms. The average molecular weight is 329 g/mol. The number of hydrogen-bond donors (Lipinski definition) is 1. The largest absolute Gasteiger partial charge is 0.481 e. The van der Waals surface area contributed by atoms with Gasteiger partial charge in [-0.15, -0.1) is 0 Å². The fourth-order valence-electron chi connectivity index (χ4n) is 1.59. The summed E-state index contributed by atoms with van der Waals surface area (Å²) in [5.74, 6) is -0.817. The van der Waals surface area contributed by atoms with E-state index in [-0.39, 0.29) is 10.2 Å². The van der Waals surface area contributed by atoms with E-state index in [4.69, 9.17) is 4.74 Å². The highest BCUT2D eigenvalue weighted by molar-refractivity contribution is 9.10. The first kappa shape index (κ1) is 13.7. The second-order valence-corrected chi connectivity index (χ2v) is 4.63. The maximum absolute atomic E-state index is 13.5. The standard InChI is InChI=1S/C13H11BrF2N2O/c1-19-13-8(3-2-4-17-13)7-18-12-5-9(14)10(15)6-11(12)16/h2-6,18H,7H2,1H3. The van der Waals surface area contributed by atoms with Crippen molar-refractivity contribution >= 4 is 21.6 Å². The third-order valence-electron chi connectivity index (χ3n) is 2.52. The maximum Gasteiger partial charge on any atom is 0.218 e. The van der Waals surface area contributed by atoms with Crippen molar-refractivity contribution in [3.05, 3.63) is 52.1 Å². The second kappa shape index (κ2) is 5.97. The number of pyridine rings is 1. The van der Waals surface area contributed by atoms with Crippen LogP contribution in [-0.2, 0) is 6.54 Å². The van der Waals surface area contributed by atoms with Crippen molar-refractivity contribution in [2.45, 2.75) is 6.54 Å². The minimum Gasteiger partial charge on any atom is -0.481 e. The molecule has 0 fully saturated rings. The van der Waals surface area contributed by atoms with E-state index >= 15 is 0 Å². The van der Waals surface area contributed by atoms with Crippen LogP contribution in [0.2, 0.25) is 0 Å². The minimum atomic E-state index is -0.649. The summed E-state index contributed by atoms with van der Waals surface area (Å²) in [6, 6.07) is 5.76. The Labute approximate surface area is 117 Å². The summed E-state index contributed by atoms with van der Waals surface area (Å²) < 4.78 is 31.9. The number of halogens is 3. The molecule has 1 aromatic carbocycles. The van der Waals surface area contributed by atoms with Gasteiger partial charge >= 0.3 is 0 Å². The summed E-state index contributed by atoms with van der Waals surface area (Å²) >= 11 is 3.02. The first-order valence-electron chi connectivity index (χ1n) is 5.48.